The molecule has 0 aromatic rings. The van der Waals surface area contributed by atoms with Crippen molar-refractivity contribution in [1.29, 1.82) is 0 Å². The Morgan fingerprint density at radius 1 is 1.18 bits per heavy atom. The first-order chi connectivity index (χ1) is 7.91. The van der Waals surface area contributed by atoms with Crippen LogP contribution in [-0.2, 0) is 9.47 Å². The van der Waals surface area contributed by atoms with Crippen LogP contribution < -0.4 is 5.32 Å². The summed E-state index contributed by atoms with van der Waals surface area (Å²) in [5.41, 5.74) is 0. The van der Waals surface area contributed by atoms with E-state index < -0.39 is 25.1 Å². The fourth-order valence-corrected chi connectivity index (χ4v) is 1.16. The van der Waals surface area contributed by atoms with E-state index in [1.165, 1.54) is 0 Å². The number of halogens is 3. The molecule has 0 fully saturated rings. The fourth-order valence-electron chi connectivity index (χ4n) is 1.16. The van der Waals surface area contributed by atoms with Crippen LogP contribution in [0.2, 0.25) is 0 Å². The van der Waals surface area contributed by atoms with Crippen molar-refractivity contribution in [3.8, 4) is 0 Å². The topological polar surface area (TPSA) is 50.7 Å². The Kier molecular flexibility index (Phi) is 8.49. The molecule has 7 heteroatoms. The van der Waals surface area contributed by atoms with Crippen LogP contribution in [0.15, 0.2) is 0 Å². The maximum absolute atomic E-state index is 11.9. The summed E-state index contributed by atoms with van der Waals surface area (Å²) < 4.78 is 46.2. The van der Waals surface area contributed by atoms with Gasteiger partial charge in [-0.15, -0.1) is 0 Å². The molecular formula is C10H20F3NO3. The normalized spacial score (nSPS) is 14.3. The van der Waals surface area contributed by atoms with Crippen LogP contribution in [0, 0.1) is 0 Å². The molecule has 0 rings (SSSR count). The third kappa shape index (κ3) is 8.37. The van der Waals surface area contributed by atoms with E-state index in [1.807, 2.05) is 13.8 Å². The second kappa shape index (κ2) is 8.68. The van der Waals surface area contributed by atoms with Gasteiger partial charge in [0.05, 0.1) is 0 Å². The zero-order valence-corrected chi connectivity index (χ0v) is 10.1. The molecule has 0 aliphatic carbocycles. The van der Waals surface area contributed by atoms with E-state index in [0.29, 0.717) is 19.6 Å². The Labute approximate surface area is 99.1 Å². The molecule has 104 valence electrons. The van der Waals surface area contributed by atoms with Gasteiger partial charge in [0, 0.05) is 32.7 Å². The number of nitrogens with one attached hydrogen (secondary N) is 1. The maximum Gasteiger partial charge on any atom is 0.415 e. The van der Waals surface area contributed by atoms with Crippen molar-refractivity contribution < 1.29 is 27.8 Å². The smallest absolute Gasteiger partial charge is 0.382 e. The van der Waals surface area contributed by atoms with Crippen LogP contribution in [0.3, 0.4) is 0 Å². The largest absolute Gasteiger partial charge is 0.415 e. The number of ether oxygens (including phenoxy) is 2. The highest BCUT2D eigenvalue weighted by Gasteiger charge is 2.37. The zero-order valence-electron chi connectivity index (χ0n) is 10.1. The molecule has 0 heterocycles. The second-order valence-corrected chi connectivity index (χ2v) is 3.39. The lowest BCUT2D eigenvalue weighted by Gasteiger charge is -2.18. The van der Waals surface area contributed by atoms with Crippen LogP contribution in [-0.4, -0.2) is 50.0 Å². The van der Waals surface area contributed by atoms with Crippen LogP contribution in [0.4, 0.5) is 13.2 Å². The lowest BCUT2D eigenvalue weighted by atomic mass is 10.3. The number of rotatable bonds is 9. The van der Waals surface area contributed by atoms with Gasteiger partial charge in [-0.25, -0.2) is 0 Å². The standard InChI is InChI=1S/C10H20F3NO3/c1-3-16-9(17-4-2)5-6-14-7-8(15)10(11,12)13/h8-9,14-15H,3-7H2,1-2H3. The summed E-state index contributed by atoms with van der Waals surface area (Å²) in [5.74, 6) is 0. The monoisotopic (exact) mass is 259 g/mol. The van der Waals surface area contributed by atoms with Gasteiger partial charge in [0.2, 0.25) is 0 Å². The zero-order chi connectivity index (χ0) is 13.3. The van der Waals surface area contributed by atoms with Crippen LogP contribution in [0.1, 0.15) is 20.3 Å². The number of alkyl halides is 3. The summed E-state index contributed by atoms with van der Waals surface area (Å²) in [6.45, 7) is 4.36. The molecular weight excluding hydrogens is 239 g/mol. The summed E-state index contributed by atoms with van der Waals surface area (Å²) in [4.78, 5) is 0. The molecule has 0 aliphatic rings. The summed E-state index contributed by atoms with van der Waals surface area (Å²) in [7, 11) is 0. The van der Waals surface area contributed by atoms with Gasteiger partial charge >= 0.3 is 6.18 Å². The molecule has 0 aromatic heterocycles. The van der Waals surface area contributed by atoms with Gasteiger partial charge in [0.1, 0.15) is 0 Å². The molecule has 0 saturated heterocycles. The van der Waals surface area contributed by atoms with E-state index in [9.17, 15) is 13.2 Å². The average Bonchev–Trinajstić information content (AvgIpc) is 2.23. The molecule has 1 atom stereocenters. The highest BCUT2D eigenvalue weighted by molar-refractivity contribution is 4.67. The minimum absolute atomic E-state index is 0.289. The van der Waals surface area contributed by atoms with E-state index in [0.717, 1.165) is 0 Å². The number of hydrogen-bond acceptors (Lipinski definition) is 4. The number of hydrogen-bond donors (Lipinski definition) is 2. The van der Waals surface area contributed by atoms with E-state index in [4.69, 9.17) is 14.6 Å². The van der Waals surface area contributed by atoms with Crippen LogP contribution in [0.5, 0.6) is 0 Å². The van der Waals surface area contributed by atoms with Crippen molar-refractivity contribution in [2.24, 2.45) is 0 Å². The van der Waals surface area contributed by atoms with Gasteiger partial charge in [-0.2, -0.15) is 13.2 Å². The number of aliphatic hydroxyl groups excluding tert-OH is 1. The minimum atomic E-state index is -4.58. The van der Waals surface area contributed by atoms with Gasteiger partial charge in [-0.3, -0.25) is 0 Å². The van der Waals surface area contributed by atoms with Crippen molar-refractivity contribution in [3.05, 3.63) is 0 Å². The van der Waals surface area contributed by atoms with Crippen molar-refractivity contribution in [1.82, 2.24) is 5.32 Å². The number of aliphatic hydroxyl groups is 1. The Morgan fingerprint density at radius 2 is 1.71 bits per heavy atom. The summed E-state index contributed by atoms with van der Waals surface area (Å²) in [5, 5.41) is 11.2. The van der Waals surface area contributed by atoms with Gasteiger partial charge in [-0.1, -0.05) is 0 Å². The van der Waals surface area contributed by atoms with E-state index in [1.54, 1.807) is 0 Å². The van der Waals surface area contributed by atoms with E-state index >= 15 is 0 Å². The van der Waals surface area contributed by atoms with E-state index in [2.05, 4.69) is 5.32 Å². The Morgan fingerprint density at radius 3 is 2.12 bits per heavy atom. The van der Waals surface area contributed by atoms with Gasteiger partial charge < -0.3 is 19.9 Å². The molecule has 0 aromatic carbocycles. The molecule has 0 radical (unpaired) electrons. The summed E-state index contributed by atoms with van der Waals surface area (Å²) >= 11 is 0. The van der Waals surface area contributed by atoms with Crippen molar-refractivity contribution in [2.75, 3.05) is 26.3 Å². The predicted octanol–water partition coefficient (Wildman–Crippen LogP) is 1.29. The van der Waals surface area contributed by atoms with Crippen LogP contribution in [0.25, 0.3) is 0 Å². The first kappa shape index (κ1) is 16.6. The lowest BCUT2D eigenvalue weighted by Crippen LogP contribution is -2.39. The second-order valence-electron chi connectivity index (χ2n) is 3.39. The van der Waals surface area contributed by atoms with Gasteiger partial charge in [0.25, 0.3) is 0 Å². The molecule has 0 saturated carbocycles. The average molecular weight is 259 g/mol. The maximum atomic E-state index is 11.9. The van der Waals surface area contributed by atoms with Crippen LogP contribution >= 0.6 is 0 Å². The van der Waals surface area contributed by atoms with E-state index in [-0.39, 0.29) is 6.54 Å². The molecule has 2 N–H and O–H groups in total. The Hall–Kier alpha value is -0.370. The molecule has 1 unspecified atom stereocenters. The SMILES string of the molecule is CCOC(CCNCC(O)C(F)(F)F)OCC. The molecule has 17 heavy (non-hydrogen) atoms. The summed E-state index contributed by atoms with van der Waals surface area (Å²) in [6, 6.07) is 0. The Balaban J connectivity index is 3.67. The molecule has 0 aliphatic heterocycles. The first-order valence-corrected chi connectivity index (χ1v) is 5.60. The Bertz CT molecular complexity index is 184. The highest BCUT2D eigenvalue weighted by atomic mass is 19.4. The highest BCUT2D eigenvalue weighted by Crippen LogP contribution is 2.19. The fraction of sp³-hybridized carbons (Fsp3) is 1.00. The third-order valence-electron chi connectivity index (χ3n) is 1.98. The summed E-state index contributed by atoms with van der Waals surface area (Å²) in [6.07, 6.45) is -6.89. The molecule has 0 spiro atoms. The molecule has 0 amide bonds. The van der Waals surface area contributed by atoms with Crippen molar-refractivity contribution in [2.45, 2.75) is 38.8 Å². The predicted molar refractivity (Wildman–Crippen MR) is 56.6 cm³/mol. The molecule has 0 bridgehead atoms. The first-order valence-electron chi connectivity index (χ1n) is 5.60. The van der Waals surface area contributed by atoms with Gasteiger partial charge in [0.15, 0.2) is 12.4 Å². The van der Waals surface area contributed by atoms with Gasteiger partial charge in [-0.05, 0) is 13.8 Å². The lowest BCUT2D eigenvalue weighted by molar-refractivity contribution is -0.202. The third-order valence-corrected chi connectivity index (χ3v) is 1.98. The van der Waals surface area contributed by atoms with Crippen molar-refractivity contribution >= 4 is 0 Å². The minimum Gasteiger partial charge on any atom is -0.382 e. The molecule has 4 nitrogen and oxygen atoms in total. The quantitative estimate of drug-likeness (QED) is 0.484. The van der Waals surface area contributed by atoms with Crippen molar-refractivity contribution in [3.63, 3.8) is 0 Å².